The number of carboxylic acid groups (broad SMARTS) is 1. The number of hydrogen-bond acceptors (Lipinski definition) is 2. The van der Waals surface area contributed by atoms with E-state index in [0.29, 0.717) is 6.04 Å². The van der Waals surface area contributed by atoms with Crippen LogP contribution in [0.25, 0.3) is 0 Å². The quantitative estimate of drug-likeness (QED) is 0.730. The molecule has 2 unspecified atom stereocenters. The van der Waals surface area contributed by atoms with Crippen LogP contribution in [0.2, 0.25) is 0 Å². The third kappa shape index (κ3) is 1.78. The van der Waals surface area contributed by atoms with E-state index >= 15 is 0 Å². The van der Waals surface area contributed by atoms with Gasteiger partial charge in [-0.05, 0) is 18.8 Å². The lowest BCUT2D eigenvalue weighted by atomic mass is 9.81. The highest BCUT2D eigenvalue weighted by atomic mass is 16.4. The van der Waals surface area contributed by atoms with E-state index in [4.69, 9.17) is 5.11 Å². The molecule has 1 N–H and O–H groups in total. The van der Waals surface area contributed by atoms with Gasteiger partial charge in [-0.25, -0.2) is 0 Å². The highest BCUT2D eigenvalue weighted by molar-refractivity contribution is 5.71. The molecule has 1 aliphatic heterocycles. The van der Waals surface area contributed by atoms with Gasteiger partial charge in [0.2, 0.25) is 0 Å². The molecular weight excluding hydrogens is 178 g/mol. The van der Waals surface area contributed by atoms with Gasteiger partial charge in [0.15, 0.2) is 0 Å². The van der Waals surface area contributed by atoms with Crippen molar-refractivity contribution in [2.24, 2.45) is 11.8 Å². The highest BCUT2D eigenvalue weighted by Crippen LogP contribution is 2.32. The number of rotatable bonds is 2. The molecule has 3 heteroatoms. The molecular formula is C11H19NO2. The first kappa shape index (κ1) is 9.97. The van der Waals surface area contributed by atoms with Crippen LogP contribution in [0.3, 0.4) is 0 Å². The monoisotopic (exact) mass is 197 g/mol. The van der Waals surface area contributed by atoms with E-state index < -0.39 is 5.97 Å². The molecule has 2 aliphatic rings. The smallest absolute Gasteiger partial charge is 0.308 e. The molecule has 2 atom stereocenters. The average Bonchev–Trinajstić information content (AvgIpc) is 2.13. The lowest BCUT2D eigenvalue weighted by Crippen LogP contribution is -2.55. The molecule has 1 heterocycles. The summed E-state index contributed by atoms with van der Waals surface area (Å²) in [5, 5.41) is 9.12. The molecule has 80 valence electrons. The van der Waals surface area contributed by atoms with E-state index in [1.807, 2.05) is 0 Å². The summed E-state index contributed by atoms with van der Waals surface area (Å²) in [4.78, 5) is 13.4. The molecule has 1 aliphatic carbocycles. The number of hydrogen-bond donors (Lipinski definition) is 1. The van der Waals surface area contributed by atoms with Gasteiger partial charge in [0.25, 0.3) is 0 Å². The summed E-state index contributed by atoms with van der Waals surface area (Å²) in [7, 11) is 0. The van der Waals surface area contributed by atoms with E-state index in [1.165, 1.54) is 6.42 Å². The van der Waals surface area contributed by atoms with E-state index in [1.54, 1.807) is 0 Å². The Hall–Kier alpha value is -0.570. The van der Waals surface area contributed by atoms with Crippen LogP contribution in [0.4, 0.5) is 0 Å². The van der Waals surface area contributed by atoms with Gasteiger partial charge >= 0.3 is 5.97 Å². The normalized spacial score (nSPS) is 35.2. The van der Waals surface area contributed by atoms with Crippen molar-refractivity contribution in [1.82, 2.24) is 4.90 Å². The molecule has 1 saturated carbocycles. The number of nitrogens with zero attached hydrogens (tertiary/aromatic N) is 1. The maximum atomic E-state index is 11.1. The van der Waals surface area contributed by atoms with E-state index in [0.717, 1.165) is 38.3 Å². The molecule has 0 aromatic carbocycles. The van der Waals surface area contributed by atoms with Gasteiger partial charge in [-0.15, -0.1) is 0 Å². The fourth-order valence-electron chi connectivity index (χ4n) is 2.85. The first-order chi connectivity index (χ1) is 6.68. The first-order valence-electron chi connectivity index (χ1n) is 5.65. The van der Waals surface area contributed by atoms with Crippen molar-refractivity contribution in [3.8, 4) is 0 Å². The van der Waals surface area contributed by atoms with Gasteiger partial charge in [-0.2, -0.15) is 0 Å². The Labute approximate surface area is 85.1 Å². The number of carbonyl (C=O) groups is 1. The topological polar surface area (TPSA) is 40.5 Å². The van der Waals surface area contributed by atoms with Crippen molar-refractivity contribution >= 4 is 5.97 Å². The molecule has 2 rings (SSSR count). The van der Waals surface area contributed by atoms with Gasteiger partial charge in [-0.1, -0.05) is 19.8 Å². The Morgan fingerprint density at radius 1 is 1.29 bits per heavy atom. The lowest BCUT2D eigenvalue weighted by Gasteiger charge is -2.46. The van der Waals surface area contributed by atoms with Crippen molar-refractivity contribution < 1.29 is 9.90 Å². The van der Waals surface area contributed by atoms with E-state index in [2.05, 4.69) is 11.8 Å². The second-order valence-electron chi connectivity index (χ2n) is 4.86. The maximum absolute atomic E-state index is 11.1. The molecule has 2 fully saturated rings. The van der Waals surface area contributed by atoms with Crippen molar-refractivity contribution in [3.63, 3.8) is 0 Å². The number of likely N-dealkylation sites (tertiary alicyclic amines) is 1. The molecule has 3 nitrogen and oxygen atoms in total. The van der Waals surface area contributed by atoms with Gasteiger partial charge in [0.1, 0.15) is 0 Å². The average molecular weight is 197 g/mol. The van der Waals surface area contributed by atoms with Crippen LogP contribution in [0, 0.1) is 11.8 Å². The third-order valence-electron chi connectivity index (χ3n) is 3.61. The van der Waals surface area contributed by atoms with Crippen LogP contribution in [-0.4, -0.2) is 35.1 Å². The van der Waals surface area contributed by atoms with Crippen molar-refractivity contribution in [2.45, 2.75) is 38.6 Å². The van der Waals surface area contributed by atoms with Crippen molar-refractivity contribution in [3.05, 3.63) is 0 Å². The molecule has 0 radical (unpaired) electrons. The van der Waals surface area contributed by atoms with Gasteiger partial charge in [-0.3, -0.25) is 9.69 Å². The fourth-order valence-corrected chi connectivity index (χ4v) is 2.85. The summed E-state index contributed by atoms with van der Waals surface area (Å²) in [5.41, 5.74) is 0. The summed E-state index contributed by atoms with van der Waals surface area (Å²) in [6.45, 7) is 4.44. The summed E-state index contributed by atoms with van der Waals surface area (Å²) >= 11 is 0. The molecule has 0 amide bonds. The highest BCUT2D eigenvalue weighted by Gasteiger charge is 2.38. The van der Waals surface area contributed by atoms with Crippen LogP contribution in [0.15, 0.2) is 0 Å². The minimum Gasteiger partial charge on any atom is -0.481 e. The minimum absolute atomic E-state index is 0.101. The third-order valence-corrected chi connectivity index (χ3v) is 3.61. The van der Waals surface area contributed by atoms with Crippen LogP contribution in [0.1, 0.15) is 32.6 Å². The predicted octanol–water partition coefficient (Wildman–Crippen LogP) is 1.58. The van der Waals surface area contributed by atoms with Gasteiger partial charge < -0.3 is 5.11 Å². The molecule has 14 heavy (non-hydrogen) atoms. The van der Waals surface area contributed by atoms with Crippen molar-refractivity contribution in [2.75, 3.05) is 13.1 Å². The van der Waals surface area contributed by atoms with Crippen LogP contribution in [-0.2, 0) is 4.79 Å². The maximum Gasteiger partial charge on any atom is 0.308 e. The van der Waals surface area contributed by atoms with Gasteiger partial charge in [0, 0.05) is 19.1 Å². The first-order valence-corrected chi connectivity index (χ1v) is 5.65. The molecule has 0 bridgehead atoms. The summed E-state index contributed by atoms with van der Waals surface area (Å²) in [6, 6.07) is 0.331. The second kappa shape index (κ2) is 3.89. The van der Waals surface area contributed by atoms with Crippen LogP contribution >= 0.6 is 0 Å². The summed E-state index contributed by atoms with van der Waals surface area (Å²) in [6.07, 6.45) is 4.27. The summed E-state index contributed by atoms with van der Waals surface area (Å²) in [5.74, 6) is 0.0804. The van der Waals surface area contributed by atoms with Crippen molar-refractivity contribution in [1.29, 1.82) is 0 Å². The SMILES string of the molecule is CC1CN(C2CCCCC2C(=O)O)C1. The molecule has 1 saturated heterocycles. The Bertz CT molecular complexity index is 223. The minimum atomic E-state index is -0.589. The second-order valence-corrected chi connectivity index (χ2v) is 4.86. The molecule has 0 aromatic rings. The molecule has 0 spiro atoms. The standard InChI is InChI=1S/C11H19NO2/c1-8-6-12(7-8)10-5-3-2-4-9(10)11(13)14/h8-10H,2-7H2,1H3,(H,13,14). The lowest BCUT2D eigenvalue weighted by molar-refractivity contribution is -0.147. The van der Waals surface area contributed by atoms with E-state index in [9.17, 15) is 4.79 Å². The fraction of sp³-hybridized carbons (Fsp3) is 0.909. The van der Waals surface area contributed by atoms with Gasteiger partial charge in [0.05, 0.1) is 5.92 Å². The zero-order valence-electron chi connectivity index (χ0n) is 8.78. The largest absolute Gasteiger partial charge is 0.481 e. The summed E-state index contributed by atoms with van der Waals surface area (Å²) < 4.78 is 0. The Kier molecular flexibility index (Phi) is 2.77. The molecule has 0 aromatic heterocycles. The zero-order valence-corrected chi connectivity index (χ0v) is 8.78. The number of carboxylic acids is 1. The predicted molar refractivity (Wildman–Crippen MR) is 54.1 cm³/mol. The van der Waals surface area contributed by atoms with Crippen LogP contribution < -0.4 is 0 Å². The Balaban J connectivity index is 1.96. The van der Waals surface area contributed by atoms with Crippen LogP contribution in [0.5, 0.6) is 0 Å². The Morgan fingerprint density at radius 2 is 1.93 bits per heavy atom. The Morgan fingerprint density at radius 3 is 2.50 bits per heavy atom. The van der Waals surface area contributed by atoms with E-state index in [-0.39, 0.29) is 5.92 Å². The number of aliphatic carboxylic acids is 1. The zero-order chi connectivity index (χ0) is 10.1.